The van der Waals surface area contributed by atoms with Crippen LogP contribution < -0.4 is 10.6 Å². The number of amides is 2. The van der Waals surface area contributed by atoms with Gasteiger partial charge in [0.1, 0.15) is 0 Å². The van der Waals surface area contributed by atoms with Crippen LogP contribution in [0.2, 0.25) is 0 Å². The molecular weight excluding hydrogens is 202 g/mol. The second-order valence-corrected chi connectivity index (χ2v) is 3.52. The molecule has 1 aromatic heterocycles. The van der Waals surface area contributed by atoms with E-state index in [1.165, 1.54) is 0 Å². The molecule has 0 atom stereocenters. The molecule has 0 fully saturated rings. The fourth-order valence-corrected chi connectivity index (χ4v) is 1.40. The molecule has 0 radical (unpaired) electrons. The Bertz CT molecular complexity index is 476. The summed E-state index contributed by atoms with van der Waals surface area (Å²) >= 11 is 0. The highest BCUT2D eigenvalue weighted by atomic mass is 16.2. The topological polar surface area (TPSA) is 56.9 Å². The molecule has 2 rings (SSSR count). The van der Waals surface area contributed by atoms with Crippen molar-refractivity contribution < 1.29 is 4.79 Å². The van der Waals surface area contributed by atoms with E-state index < -0.39 is 0 Å². The number of para-hydroxylation sites is 1. The summed E-state index contributed by atoms with van der Waals surface area (Å²) in [7, 11) is 0. The van der Waals surface area contributed by atoms with E-state index in [0.29, 0.717) is 0 Å². The molecule has 16 heavy (non-hydrogen) atoms. The maximum absolute atomic E-state index is 11.6. The summed E-state index contributed by atoms with van der Waals surface area (Å²) in [6.07, 6.45) is 1.75. The van der Waals surface area contributed by atoms with Gasteiger partial charge in [-0.25, -0.2) is 4.79 Å². The van der Waals surface area contributed by atoms with Gasteiger partial charge in [-0.2, -0.15) is 0 Å². The van der Waals surface area contributed by atoms with Crippen LogP contribution in [0.1, 0.15) is 5.69 Å². The van der Waals surface area contributed by atoms with Crippen LogP contribution in [0.25, 0.3) is 0 Å². The summed E-state index contributed by atoms with van der Waals surface area (Å²) in [5, 5.41) is 5.47. The number of aromatic amines is 1. The molecule has 2 amide bonds. The number of aromatic nitrogens is 1. The fourth-order valence-electron chi connectivity index (χ4n) is 1.40. The van der Waals surface area contributed by atoms with Crippen LogP contribution in [-0.4, -0.2) is 11.0 Å². The van der Waals surface area contributed by atoms with Crippen LogP contribution in [0.3, 0.4) is 0 Å². The normalized spacial score (nSPS) is 9.81. The van der Waals surface area contributed by atoms with Gasteiger partial charge < -0.3 is 15.6 Å². The number of H-pyrrole nitrogens is 1. The minimum atomic E-state index is -0.245. The third kappa shape index (κ3) is 2.63. The third-order valence-electron chi connectivity index (χ3n) is 2.12. The van der Waals surface area contributed by atoms with E-state index in [4.69, 9.17) is 0 Å². The van der Waals surface area contributed by atoms with Crippen LogP contribution in [0.15, 0.2) is 42.6 Å². The lowest BCUT2D eigenvalue weighted by Crippen LogP contribution is -2.18. The summed E-state index contributed by atoms with van der Waals surface area (Å²) in [6.45, 7) is 1.93. The third-order valence-corrected chi connectivity index (χ3v) is 2.12. The Balaban J connectivity index is 1.95. The van der Waals surface area contributed by atoms with E-state index in [0.717, 1.165) is 17.1 Å². The first-order valence-corrected chi connectivity index (χ1v) is 5.02. The van der Waals surface area contributed by atoms with Gasteiger partial charge in [-0.05, 0) is 25.1 Å². The average Bonchev–Trinajstić information content (AvgIpc) is 2.65. The number of hydrogen-bond acceptors (Lipinski definition) is 1. The first kappa shape index (κ1) is 10.3. The average molecular weight is 215 g/mol. The molecule has 0 bridgehead atoms. The van der Waals surface area contributed by atoms with Crippen molar-refractivity contribution in [2.24, 2.45) is 0 Å². The van der Waals surface area contributed by atoms with Crippen molar-refractivity contribution in [3.8, 4) is 0 Å². The van der Waals surface area contributed by atoms with Gasteiger partial charge in [-0.3, -0.25) is 0 Å². The molecule has 0 aliphatic heterocycles. The number of benzene rings is 1. The second kappa shape index (κ2) is 4.53. The quantitative estimate of drug-likeness (QED) is 0.708. The standard InChI is InChI=1S/C12H13N3O/c1-9-7-11(8-13-9)15-12(16)14-10-5-3-2-4-6-10/h2-8,13H,1H3,(H2,14,15,16). The molecule has 0 spiro atoms. The van der Waals surface area contributed by atoms with Gasteiger partial charge in [0, 0.05) is 17.6 Å². The van der Waals surface area contributed by atoms with Gasteiger partial charge in [0.15, 0.2) is 0 Å². The smallest absolute Gasteiger partial charge is 0.323 e. The maximum atomic E-state index is 11.6. The number of nitrogens with one attached hydrogen (secondary N) is 3. The molecule has 4 nitrogen and oxygen atoms in total. The summed E-state index contributed by atoms with van der Waals surface area (Å²) in [6, 6.07) is 10.9. The van der Waals surface area contributed by atoms with Crippen LogP contribution in [0.4, 0.5) is 16.2 Å². The van der Waals surface area contributed by atoms with Crippen LogP contribution in [0.5, 0.6) is 0 Å². The number of hydrogen-bond donors (Lipinski definition) is 3. The first-order chi connectivity index (χ1) is 7.74. The summed E-state index contributed by atoms with van der Waals surface area (Å²) in [5.41, 5.74) is 2.54. The van der Waals surface area contributed by atoms with E-state index in [-0.39, 0.29) is 6.03 Å². The van der Waals surface area contributed by atoms with Crippen molar-refractivity contribution in [1.29, 1.82) is 0 Å². The van der Waals surface area contributed by atoms with Gasteiger partial charge in [0.25, 0.3) is 0 Å². The van der Waals surface area contributed by atoms with Crippen molar-refractivity contribution in [2.75, 3.05) is 10.6 Å². The van der Waals surface area contributed by atoms with Crippen molar-refractivity contribution in [1.82, 2.24) is 4.98 Å². The Morgan fingerprint density at radius 2 is 1.81 bits per heavy atom. The molecule has 0 aliphatic rings. The molecule has 4 heteroatoms. The first-order valence-electron chi connectivity index (χ1n) is 5.02. The Morgan fingerprint density at radius 1 is 1.12 bits per heavy atom. The van der Waals surface area contributed by atoms with E-state index in [1.807, 2.05) is 43.3 Å². The highest BCUT2D eigenvalue weighted by Crippen LogP contribution is 2.10. The number of urea groups is 1. The van der Waals surface area contributed by atoms with Gasteiger partial charge in [-0.15, -0.1) is 0 Å². The summed E-state index contributed by atoms with van der Waals surface area (Å²) < 4.78 is 0. The van der Waals surface area contributed by atoms with Gasteiger partial charge in [-0.1, -0.05) is 18.2 Å². The minimum Gasteiger partial charge on any atom is -0.363 e. The molecule has 1 heterocycles. The van der Waals surface area contributed by atoms with Crippen LogP contribution in [0, 0.1) is 6.92 Å². The van der Waals surface area contributed by atoms with E-state index in [9.17, 15) is 4.79 Å². The lowest BCUT2D eigenvalue weighted by Gasteiger charge is -2.05. The van der Waals surface area contributed by atoms with E-state index in [1.54, 1.807) is 6.20 Å². The lowest BCUT2D eigenvalue weighted by molar-refractivity contribution is 0.262. The van der Waals surface area contributed by atoms with Gasteiger partial charge >= 0.3 is 6.03 Å². The van der Waals surface area contributed by atoms with E-state index in [2.05, 4.69) is 15.6 Å². The van der Waals surface area contributed by atoms with Gasteiger partial charge in [0.05, 0.1) is 5.69 Å². The van der Waals surface area contributed by atoms with Crippen molar-refractivity contribution in [3.63, 3.8) is 0 Å². The Morgan fingerprint density at radius 3 is 2.44 bits per heavy atom. The van der Waals surface area contributed by atoms with Crippen molar-refractivity contribution in [3.05, 3.63) is 48.3 Å². The highest BCUT2D eigenvalue weighted by molar-refractivity contribution is 5.99. The largest absolute Gasteiger partial charge is 0.363 e. The number of anilines is 2. The highest BCUT2D eigenvalue weighted by Gasteiger charge is 2.02. The van der Waals surface area contributed by atoms with E-state index >= 15 is 0 Å². The number of aryl methyl sites for hydroxylation is 1. The lowest BCUT2D eigenvalue weighted by atomic mass is 10.3. The van der Waals surface area contributed by atoms with Crippen molar-refractivity contribution in [2.45, 2.75) is 6.92 Å². The number of carbonyl (C=O) groups is 1. The predicted octanol–water partition coefficient (Wildman–Crippen LogP) is 2.97. The monoisotopic (exact) mass is 215 g/mol. The molecule has 1 aromatic carbocycles. The molecule has 82 valence electrons. The van der Waals surface area contributed by atoms with Crippen molar-refractivity contribution >= 4 is 17.4 Å². The molecule has 0 aliphatic carbocycles. The van der Waals surface area contributed by atoms with Gasteiger partial charge in [0.2, 0.25) is 0 Å². The molecule has 2 aromatic rings. The zero-order valence-corrected chi connectivity index (χ0v) is 8.95. The predicted molar refractivity (Wildman–Crippen MR) is 64.6 cm³/mol. The molecule has 0 unspecified atom stereocenters. The summed E-state index contributed by atoms with van der Waals surface area (Å²) in [5.74, 6) is 0. The SMILES string of the molecule is Cc1cc(NC(=O)Nc2ccccc2)c[nH]1. The second-order valence-electron chi connectivity index (χ2n) is 3.52. The van der Waals surface area contributed by atoms with Crippen LogP contribution >= 0.6 is 0 Å². The Labute approximate surface area is 93.7 Å². The minimum absolute atomic E-state index is 0.245. The zero-order valence-electron chi connectivity index (χ0n) is 8.95. The fraction of sp³-hybridized carbons (Fsp3) is 0.0833. The number of rotatable bonds is 2. The Kier molecular flexibility index (Phi) is 2.91. The molecular formula is C12H13N3O. The molecule has 3 N–H and O–H groups in total. The van der Waals surface area contributed by atoms with Crippen LogP contribution in [-0.2, 0) is 0 Å². The zero-order chi connectivity index (χ0) is 11.4. The number of carbonyl (C=O) groups excluding carboxylic acids is 1. The summed E-state index contributed by atoms with van der Waals surface area (Å²) in [4.78, 5) is 14.6. The maximum Gasteiger partial charge on any atom is 0.323 e. The Hall–Kier alpha value is -2.23. The molecule has 0 saturated carbocycles. The molecule has 0 saturated heterocycles.